The lowest BCUT2D eigenvalue weighted by atomic mass is 10.1. The molecule has 0 bridgehead atoms. The summed E-state index contributed by atoms with van der Waals surface area (Å²) in [5.74, 6) is -3.14. The SMILES string of the molecule is O=C(NC(=O)c1ccc(Nc2ccc(S(=O)(=O)O)c3cc(S(=O)(=O)O)cc(S(=O)(=O)O)c23)c(S(=O)(=O)O)c1)NC(=O)c1ccc(Nc2ccc(S(=O)(=O)O)c3cc(S(=O)(=O)O)cc(S(=O)(=O)O)c23)c(S(=O)(=O)O)c1. The molecule has 6 aromatic carbocycles. The van der Waals surface area contributed by atoms with Gasteiger partial charge in [0.25, 0.3) is 92.8 Å². The number of carbonyl (C=O) groups is 3. The van der Waals surface area contributed by atoms with Crippen LogP contribution in [0.25, 0.3) is 21.5 Å². The Hall–Kier alpha value is -6.67. The molecule has 0 unspecified atom stereocenters. The molecule has 6 aromatic rings. The van der Waals surface area contributed by atoms with Gasteiger partial charge in [-0.2, -0.15) is 67.3 Å². The third-order valence-electron chi connectivity index (χ3n) is 9.77. The summed E-state index contributed by atoms with van der Waals surface area (Å²) in [7, 11) is -43.7. The number of urea groups is 1. The summed E-state index contributed by atoms with van der Waals surface area (Å²) in [5, 5.41) is 3.72. The largest absolute Gasteiger partial charge is 0.354 e. The Morgan fingerprint density at radius 2 is 0.595 bits per heavy atom. The van der Waals surface area contributed by atoms with Gasteiger partial charge >= 0.3 is 6.03 Å². The van der Waals surface area contributed by atoms with Crippen molar-refractivity contribution in [1.29, 1.82) is 0 Å². The fraction of sp³-hybridized carbons (Fsp3) is 0. The summed E-state index contributed by atoms with van der Waals surface area (Å²) >= 11 is 0. The lowest BCUT2D eigenvalue weighted by Gasteiger charge is -2.17. The third-order valence-corrected chi connectivity index (χ3v) is 16.8. The Morgan fingerprint density at radius 3 is 0.865 bits per heavy atom. The highest BCUT2D eigenvalue weighted by Crippen LogP contribution is 2.41. The van der Waals surface area contributed by atoms with E-state index in [2.05, 4.69) is 10.6 Å². The van der Waals surface area contributed by atoms with Crippen LogP contribution in [0.5, 0.6) is 0 Å². The van der Waals surface area contributed by atoms with Gasteiger partial charge in [0.15, 0.2) is 0 Å². The van der Waals surface area contributed by atoms with Crippen LogP contribution in [0.2, 0.25) is 0 Å². The second kappa shape index (κ2) is 18.9. The Labute approximate surface area is 415 Å². The lowest BCUT2D eigenvalue weighted by molar-refractivity contribution is 0.0944. The predicted octanol–water partition coefficient (Wildman–Crippen LogP) is 1.73. The first-order chi connectivity index (χ1) is 33.5. The highest BCUT2D eigenvalue weighted by molar-refractivity contribution is 7.88. The van der Waals surface area contributed by atoms with Gasteiger partial charge in [-0.05, 0) is 84.9 Å². The summed E-state index contributed by atoms with van der Waals surface area (Å²) in [4.78, 5) is 28.6. The first-order valence-corrected chi connectivity index (χ1v) is 30.0. The van der Waals surface area contributed by atoms with Crippen LogP contribution in [-0.4, -0.2) is 122 Å². The van der Waals surface area contributed by atoms with Gasteiger partial charge in [0.1, 0.15) is 29.4 Å². The first kappa shape index (κ1) is 56.6. The molecule has 0 aliphatic rings. The average Bonchev–Trinajstić information content (AvgIpc) is 3.22. The zero-order chi connectivity index (χ0) is 55.9. The van der Waals surface area contributed by atoms with Crippen LogP contribution in [0, 0.1) is 0 Å². The molecule has 39 heteroatoms. The molecule has 396 valence electrons. The van der Waals surface area contributed by atoms with E-state index in [-0.39, 0.29) is 12.1 Å². The van der Waals surface area contributed by atoms with Crippen LogP contribution in [0.4, 0.5) is 27.5 Å². The number of carbonyl (C=O) groups excluding carboxylic acids is 3. The van der Waals surface area contributed by atoms with Gasteiger partial charge in [-0.1, -0.05) is 0 Å². The van der Waals surface area contributed by atoms with Crippen molar-refractivity contribution in [2.45, 2.75) is 39.2 Å². The van der Waals surface area contributed by atoms with Gasteiger partial charge in [-0.25, -0.2) is 4.79 Å². The molecule has 74 heavy (non-hydrogen) atoms. The average molecular weight is 1190 g/mol. The van der Waals surface area contributed by atoms with Crippen molar-refractivity contribution in [3.8, 4) is 0 Å². The molecule has 0 heterocycles. The van der Waals surface area contributed by atoms with E-state index < -0.39 is 193 Å². The molecule has 0 atom stereocenters. The molecule has 0 saturated heterocycles. The molecule has 12 N–H and O–H groups in total. The fourth-order valence-corrected chi connectivity index (χ4v) is 12.2. The highest BCUT2D eigenvalue weighted by Gasteiger charge is 2.31. The molecule has 0 saturated carbocycles. The summed E-state index contributed by atoms with van der Waals surface area (Å²) in [6.45, 7) is 0. The van der Waals surface area contributed by atoms with Crippen molar-refractivity contribution in [2.75, 3.05) is 10.6 Å². The molecular formula is C35H26N4O27S8. The summed E-state index contributed by atoms with van der Waals surface area (Å²) in [6.07, 6.45) is 0. The van der Waals surface area contributed by atoms with E-state index in [1.807, 2.05) is 0 Å². The first-order valence-electron chi connectivity index (χ1n) is 18.5. The van der Waals surface area contributed by atoms with Crippen LogP contribution >= 0.6 is 0 Å². The summed E-state index contributed by atoms with van der Waals surface area (Å²) < 4.78 is 275. The standard InChI is InChI=1S/C35H26N4O27S8/c40-33(15-1-3-21(27(9-15)71(55,56)57)36-23-5-7-25(69(49,50)51)19-11-17(67(43,44)45)13-29(31(19)23)73(61,62)63)38-35(42)39-34(41)16-2-4-22(28(10-16)72(58,59)60)37-24-6-8-26(70(52,53)54)20-12-18(68(46,47)48)14-30(32(20)24)74(64,65)66/h1-14,36-37H,(H,43,44,45)(H,46,47,48)(H,49,50,51)(H,52,53,54)(H,55,56,57)(H,58,59,60)(H,61,62,63)(H,64,65,66)(H2,38,39,40,41,42). The van der Waals surface area contributed by atoms with Crippen molar-refractivity contribution in [3.63, 3.8) is 0 Å². The van der Waals surface area contributed by atoms with Crippen molar-refractivity contribution in [1.82, 2.24) is 10.6 Å². The minimum absolute atomic E-state index is 0.154. The van der Waals surface area contributed by atoms with Gasteiger partial charge < -0.3 is 10.6 Å². The second-order valence-corrected chi connectivity index (χ2v) is 25.8. The van der Waals surface area contributed by atoms with Gasteiger partial charge in [-0.3, -0.25) is 56.6 Å². The number of nitrogens with one attached hydrogen (secondary N) is 4. The Kier molecular flexibility index (Phi) is 14.5. The van der Waals surface area contributed by atoms with Crippen LogP contribution in [0.3, 0.4) is 0 Å². The van der Waals surface area contributed by atoms with Crippen molar-refractivity contribution >= 4 is 143 Å². The van der Waals surface area contributed by atoms with Crippen molar-refractivity contribution in [2.24, 2.45) is 0 Å². The van der Waals surface area contributed by atoms with E-state index in [0.717, 1.165) is 0 Å². The second-order valence-electron chi connectivity index (χ2n) is 14.6. The maximum atomic E-state index is 13.1. The third kappa shape index (κ3) is 12.1. The van der Waals surface area contributed by atoms with E-state index in [0.29, 0.717) is 72.8 Å². The smallest absolute Gasteiger partial charge is 0.328 e. The molecule has 0 aromatic heterocycles. The topological polar surface area (TPSA) is 534 Å². The van der Waals surface area contributed by atoms with E-state index in [1.54, 1.807) is 10.6 Å². The quantitative estimate of drug-likeness (QED) is 0.0691. The minimum atomic E-state index is -5.61. The van der Waals surface area contributed by atoms with Crippen molar-refractivity contribution < 1.29 is 118 Å². The van der Waals surface area contributed by atoms with Crippen LogP contribution in [0.15, 0.2) is 124 Å². The molecule has 0 aliphatic carbocycles. The molecule has 4 amide bonds. The Balaban J connectivity index is 1.32. The van der Waals surface area contributed by atoms with Gasteiger partial charge in [0, 0.05) is 44.0 Å². The number of anilines is 4. The maximum absolute atomic E-state index is 13.1. The van der Waals surface area contributed by atoms with Crippen molar-refractivity contribution in [3.05, 3.63) is 96.1 Å². The minimum Gasteiger partial charge on any atom is -0.354 e. The molecule has 31 nitrogen and oxygen atoms in total. The monoisotopic (exact) mass is 1190 g/mol. The summed E-state index contributed by atoms with van der Waals surface area (Å²) in [6, 6.07) is 5.15. The van der Waals surface area contributed by atoms with Gasteiger partial charge in [-0.15, -0.1) is 0 Å². The number of hydrogen-bond acceptors (Lipinski definition) is 21. The Morgan fingerprint density at radius 1 is 0.311 bits per heavy atom. The number of benzene rings is 6. The molecule has 0 radical (unpaired) electrons. The predicted molar refractivity (Wildman–Crippen MR) is 246 cm³/mol. The van der Waals surface area contributed by atoms with E-state index in [9.17, 15) is 118 Å². The zero-order valence-electron chi connectivity index (χ0n) is 35.2. The molecule has 0 spiro atoms. The molecular weight excluding hydrogens is 1160 g/mol. The van der Waals surface area contributed by atoms with Gasteiger partial charge in [0.05, 0.1) is 21.2 Å². The molecule has 0 fully saturated rings. The van der Waals surface area contributed by atoms with E-state index in [4.69, 9.17) is 0 Å². The van der Waals surface area contributed by atoms with Crippen LogP contribution in [0.1, 0.15) is 20.7 Å². The fourth-order valence-electron chi connectivity index (χ4n) is 6.78. The lowest BCUT2D eigenvalue weighted by Crippen LogP contribution is -2.42. The number of hydrogen-bond donors (Lipinski definition) is 12. The Bertz CT molecular complexity index is 4180. The normalized spacial score (nSPS) is 13.1. The van der Waals surface area contributed by atoms with Crippen LogP contribution in [-0.2, 0) is 80.9 Å². The van der Waals surface area contributed by atoms with E-state index >= 15 is 0 Å². The number of rotatable bonds is 14. The molecule has 0 aliphatic heterocycles. The summed E-state index contributed by atoms with van der Waals surface area (Å²) in [5.41, 5.74) is -4.69. The maximum Gasteiger partial charge on any atom is 0.328 e. The molecule has 6 rings (SSSR count). The number of fused-ring (bicyclic) bond motifs is 2. The van der Waals surface area contributed by atoms with E-state index in [1.165, 1.54) is 0 Å². The zero-order valence-corrected chi connectivity index (χ0v) is 41.7. The van der Waals surface area contributed by atoms with Crippen LogP contribution < -0.4 is 21.3 Å². The number of amides is 4. The van der Waals surface area contributed by atoms with Gasteiger partial charge in [0.2, 0.25) is 0 Å². The highest BCUT2D eigenvalue weighted by atomic mass is 32.2. The number of imide groups is 2.